The predicted molar refractivity (Wildman–Crippen MR) is 129 cm³/mol. The van der Waals surface area contributed by atoms with Crippen molar-refractivity contribution in [2.45, 2.75) is 68.0 Å². The Morgan fingerprint density at radius 2 is 2.00 bits per heavy atom. The first-order valence-electron chi connectivity index (χ1n) is 13.0. The van der Waals surface area contributed by atoms with Crippen molar-refractivity contribution in [2.24, 2.45) is 11.7 Å². The molecule has 0 aromatic carbocycles. The second-order valence-electron chi connectivity index (χ2n) is 10.7. The van der Waals surface area contributed by atoms with Gasteiger partial charge in [-0.25, -0.2) is 27.9 Å². The summed E-state index contributed by atoms with van der Waals surface area (Å²) in [6.07, 6.45) is -0.753. The summed E-state index contributed by atoms with van der Waals surface area (Å²) in [5.41, 5.74) is 4.45. The maximum absolute atomic E-state index is 14.0. The van der Waals surface area contributed by atoms with Gasteiger partial charge in [-0.1, -0.05) is 5.16 Å². The number of halogens is 5. The van der Waals surface area contributed by atoms with Gasteiger partial charge in [0.15, 0.2) is 11.3 Å². The number of primary amides is 1. The van der Waals surface area contributed by atoms with E-state index in [0.717, 1.165) is 0 Å². The van der Waals surface area contributed by atoms with Crippen LogP contribution in [0.1, 0.15) is 71.4 Å². The van der Waals surface area contributed by atoms with Crippen LogP contribution in [0.2, 0.25) is 0 Å². The molecule has 17 heteroatoms. The van der Waals surface area contributed by atoms with Gasteiger partial charge in [0.2, 0.25) is 17.7 Å². The number of carbonyl (C=O) groups excluding carboxylic acids is 2. The van der Waals surface area contributed by atoms with Crippen LogP contribution < -0.4 is 11.1 Å². The lowest BCUT2D eigenvalue weighted by Crippen LogP contribution is -2.40. The quantitative estimate of drug-likeness (QED) is 0.306. The van der Waals surface area contributed by atoms with Crippen LogP contribution in [0.15, 0.2) is 40.0 Å². The molecule has 0 unspecified atom stereocenters. The zero-order chi connectivity index (χ0) is 29.9. The molecule has 0 radical (unpaired) electrons. The molecule has 6 rings (SSSR count). The highest BCUT2D eigenvalue weighted by Gasteiger charge is 2.58. The highest BCUT2D eigenvalue weighted by atomic mass is 19.4. The zero-order valence-corrected chi connectivity index (χ0v) is 21.6. The average Bonchev–Trinajstić information content (AvgIpc) is 3.72. The molecule has 3 N–H and O–H groups in total. The lowest BCUT2D eigenvalue weighted by atomic mass is 9.75. The molecule has 2 aliphatic rings. The van der Waals surface area contributed by atoms with E-state index in [1.807, 2.05) is 5.32 Å². The van der Waals surface area contributed by atoms with E-state index in [-0.39, 0.29) is 55.0 Å². The average molecular weight is 595 g/mol. The van der Waals surface area contributed by atoms with Gasteiger partial charge in [-0.05, 0) is 48.4 Å². The van der Waals surface area contributed by atoms with Crippen LogP contribution in [0, 0.1) is 5.92 Å². The minimum Gasteiger partial charge on any atom is -0.448 e. The molecule has 2 amide bonds. The Labute approximate surface area is 232 Å². The van der Waals surface area contributed by atoms with Crippen molar-refractivity contribution in [2.75, 3.05) is 0 Å². The molecule has 0 spiro atoms. The van der Waals surface area contributed by atoms with Gasteiger partial charge in [0.05, 0.1) is 30.2 Å². The van der Waals surface area contributed by atoms with Gasteiger partial charge in [0.25, 0.3) is 5.91 Å². The number of nitrogens with zero attached hydrogens (tertiary/aromatic N) is 6. The number of nitrogens with two attached hydrogens (primary N) is 1. The van der Waals surface area contributed by atoms with Crippen molar-refractivity contribution in [1.29, 1.82) is 0 Å². The van der Waals surface area contributed by atoms with Gasteiger partial charge in [-0.2, -0.15) is 18.3 Å². The van der Waals surface area contributed by atoms with E-state index in [2.05, 4.69) is 25.4 Å². The summed E-state index contributed by atoms with van der Waals surface area (Å²) in [6.45, 7) is 0. The Morgan fingerprint density at radius 1 is 1.24 bits per heavy atom. The molecule has 2 fully saturated rings. The Balaban J connectivity index is 1.37. The van der Waals surface area contributed by atoms with Gasteiger partial charge in [-0.15, -0.1) is 0 Å². The van der Waals surface area contributed by atoms with Gasteiger partial charge in [-0.3, -0.25) is 9.59 Å². The van der Waals surface area contributed by atoms with Gasteiger partial charge in [0.1, 0.15) is 23.4 Å². The summed E-state index contributed by atoms with van der Waals surface area (Å²) < 4.78 is 80.1. The minimum absolute atomic E-state index is 0.0602. The molecule has 12 nitrogen and oxygen atoms in total. The molecule has 222 valence electrons. The summed E-state index contributed by atoms with van der Waals surface area (Å²) in [6, 6.07) is -0.553. The van der Waals surface area contributed by atoms with E-state index in [1.165, 1.54) is 35.4 Å². The van der Waals surface area contributed by atoms with E-state index in [1.54, 1.807) is 0 Å². The first-order valence-corrected chi connectivity index (χ1v) is 13.0. The van der Waals surface area contributed by atoms with E-state index in [0.29, 0.717) is 11.3 Å². The third kappa shape index (κ3) is 4.85. The molecule has 1 saturated heterocycles. The van der Waals surface area contributed by atoms with Gasteiger partial charge >= 0.3 is 6.18 Å². The van der Waals surface area contributed by atoms with Crippen molar-refractivity contribution in [3.63, 3.8) is 0 Å². The number of amides is 2. The summed E-state index contributed by atoms with van der Waals surface area (Å²) in [5.74, 6) is -5.97. The molecule has 3 atom stereocenters. The molecular formula is C25H23F5N8O4. The number of hydrogen-bond acceptors (Lipinski definition) is 9. The Bertz CT molecular complexity index is 1620. The third-order valence-electron chi connectivity index (χ3n) is 8.02. The number of oxazole rings is 1. The molecule has 5 heterocycles. The lowest BCUT2D eigenvalue weighted by Gasteiger charge is -2.32. The number of carbonyl (C=O) groups is 2. The fraction of sp³-hybridized carbons (Fsp3) is 0.480. The highest BCUT2D eigenvalue weighted by Crippen LogP contribution is 2.45. The molecular weight excluding hydrogens is 571 g/mol. The molecule has 4 aromatic rings. The van der Waals surface area contributed by atoms with Crippen LogP contribution >= 0.6 is 0 Å². The van der Waals surface area contributed by atoms with Crippen molar-refractivity contribution < 1.29 is 40.6 Å². The van der Waals surface area contributed by atoms with Crippen LogP contribution in [0.25, 0.3) is 5.65 Å². The number of imidazole rings is 1. The Hall–Kier alpha value is -4.44. The molecule has 0 bridgehead atoms. The summed E-state index contributed by atoms with van der Waals surface area (Å²) in [7, 11) is 0. The topological polar surface area (TPSA) is 167 Å². The molecule has 1 aliphatic carbocycles. The third-order valence-corrected chi connectivity index (χ3v) is 8.02. The van der Waals surface area contributed by atoms with Crippen LogP contribution in [-0.2, 0) is 16.6 Å². The smallest absolute Gasteiger partial charge is 0.408 e. The van der Waals surface area contributed by atoms with Crippen LogP contribution in [-0.4, -0.2) is 59.9 Å². The minimum atomic E-state index is -4.68. The summed E-state index contributed by atoms with van der Waals surface area (Å²) >= 11 is 0. The molecule has 42 heavy (non-hydrogen) atoms. The molecule has 1 saturated carbocycles. The first-order chi connectivity index (χ1) is 19.9. The lowest BCUT2D eigenvalue weighted by molar-refractivity contribution is -0.155. The molecule has 4 aromatic heterocycles. The van der Waals surface area contributed by atoms with Crippen LogP contribution in [0.4, 0.5) is 22.0 Å². The Morgan fingerprint density at radius 3 is 2.64 bits per heavy atom. The van der Waals surface area contributed by atoms with Gasteiger partial charge < -0.3 is 15.5 Å². The first kappa shape index (κ1) is 27.7. The maximum atomic E-state index is 14.0. The van der Waals surface area contributed by atoms with Crippen molar-refractivity contribution in [1.82, 2.24) is 35.2 Å². The maximum Gasteiger partial charge on any atom is 0.408 e. The van der Waals surface area contributed by atoms with E-state index < -0.39 is 53.6 Å². The van der Waals surface area contributed by atoms with Crippen LogP contribution in [0.3, 0.4) is 0 Å². The SMILES string of the molecule is NC(=O)c1nonc1[C@H](c1cn2ncc(C[C@@]3(c4ncco4)C[C@@H](C(F)(F)F)NC3=O)cc2n1)C1CCC(F)(F)CC1. The second-order valence-corrected chi connectivity index (χ2v) is 10.7. The van der Waals surface area contributed by atoms with Crippen molar-refractivity contribution in [3.05, 3.63) is 59.5 Å². The van der Waals surface area contributed by atoms with Crippen molar-refractivity contribution in [3.8, 4) is 0 Å². The standard InChI is InChI=1S/C25H23F5N8O4/c26-24(27)3-1-13(2-4-24)17(18-19(20(31)39)37-42-36-18)14-11-38-16(34-14)7-12(10-33-38)8-23(22-32-5-6-41-22)9-15(25(28,29)30)35-21(23)40/h5-7,10-11,13,15,17H,1-4,8-9H2,(H2,31,39)(H,35,40)/t15-,17-,23+/m0/s1. The predicted octanol–water partition coefficient (Wildman–Crippen LogP) is 3.09. The van der Waals surface area contributed by atoms with E-state index in [4.69, 9.17) is 14.8 Å². The fourth-order valence-electron chi connectivity index (χ4n) is 5.96. The van der Waals surface area contributed by atoms with Crippen LogP contribution in [0.5, 0.6) is 0 Å². The fourth-order valence-corrected chi connectivity index (χ4v) is 5.96. The largest absolute Gasteiger partial charge is 0.448 e. The Kier molecular flexibility index (Phi) is 6.49. The highest BCUT2D eigenvalue weighted by molar-refractivity contribution is 5.92. The number of hydrogen-bond donors (Lipinski definition) is 2. The number of nitrogens with one attached hydrogen (secondary N) is 1. The second kappa shape index (κ2) is 9.84. The van der Waals surface area contributed by atoms with E-state index in [9.17, 15) is 31.5 Å². The van der Waals surface area contributed by atoms with Gasteiger partial charge in [0, 0.05) is 12.8 Å². The normalized spacial score (nSPS) is 23.7. The summed E-state index contributed by atoms with van der Waals surface area (Å²) in [5, 5.41) is 13.8. The monoisotopic (exact) mass is 594 g/mol. The zero-order valence-electron chi connectivity index (χ0n) is 21.6. The number of rotatable bonds is 7. The molecule has 1 aliphatic heterocycles. The number of aromatic nitrogens is 6. The van der Waals surface area contributed by atoms with E-state index >= 15 is 0 Å². The summed E-state index contributed by atoms with van der Waals surface area (Å²) in [4.78, 5) is 33.6. The van der Waals surface area contributed by atoms with Crippen molar-refractivity contribution >= 4 is 17.5 Å². The number of fused-ring (bicyclic) bond motifs is 1. The number of alkyl halides is 5.